The van der Waals surface area contributed by atoms with Gasteiger partial charge in [-0.15, -0.1) is 0 Å². The van der Waals surface area contributed by atoms with Gasteiger partial charge >= 0.3 is 0 Å². The first-order chi connectivity index (χ1) is 16.1. The van der Waals surface area contributed by atoms with Gasteiger partial charge in [-0.3, -0.25) is 4.79 Å². The van der Waals surface area contributed by atoms with Crippen LogP contribution < -0.4 is 10.1 Å². The van der Waals surface area contributed by atoms with E-state index in [0.717, 1.165) is 43.0 Å². The van der Waals surface area contributed by atoms with Crippen LogP contribution in [0.2, 0.25) is 0 Å². The first-order valence-corrected chi connectivity index (χ1v) is 11.5. The van der Waals surface area contributed by atoms with Crippen LogP contribution in [0.4, 0.5) is 5.69 Å². The average Bonchev–Trinajstić information content (AvgIpc) is 2.87. The van der Waals surface area contributed by atoms with Crippen LogP contribution in [0.5, 0.6) is 5.75 Å². The summed E-state index contributed by atoms with van der Waals surface area (Å²) in [5.74, 6) is 0.759. The Hall–Kier alpha value is -3.63. The van der Waals surface area contributed by atoms with Gasteiger partial charge in [-0.1, -0.05) is 72.8 Å². The molecule has 0 saturated heterocycles. The number of hydrogen-bond donors (Lipinski definition) is 1. The zero-order valence-electron chi connectivity index (χ0n) is 18.1. The number of methoxy groups -OCH3 is 1. The lowest BCUT2D eigenvalue weighted by molar-refractivity contribution is 0.0969. The molecule has 5 rings (SSSR count). The summed E-state index contributed by atoms with van der Waals surface area (Å²) < 4.78 is 6.15. The number of nitrogens with one attached hydrogen (secondary N) is 1. The number of halogens is 1. The van der Waals surface area contributed by atoms with E-state index in [1.165, 1.54) is 0 Å². The largest absolute Gasteiger partial charge is 0.497 e. The number of anilines is 1. The highest BCUT2D eigenvalue weighted by atomic mass is 79.9. The maximum atomic E-state index is 13.9. The number of carbonyl (C=O) groups excluding carboxylic acids is 1. The molecule has 3 nitrogen and oxygen atoms in total. The maximum absolute atomic E-state index is 13.9. The van der Waals surface area contributed by atoms with Gasteiger partial charge in [-0.05, 0) is 73.4 Å². The van der Waals surface area contributed by atoms with E-state index >= 15 is 0 Å². The van der Waals surface area contributed by atoms with Crippen molar-refractivity contribution in [2.45, 2.75) is 6.04 Å². The first-order valence-electron chi connectivity index (χ1n) is 10.7. The summed E-state index contributed by atoms with van der Waals surface area (Å²) in [4.78, 5) is 13.9. The molecule has 0 fully saturated rings. The van der Waals surface area contributed by atoms with E-state index in [2.05, 4.69) is 51.6 Å². The molecule has 0 saturated carbocycles. The van der Waals surface area contributed by atoms with Crippen molar-refractivity contribution in [1.29, 1.82) is 0 Å². The second-order valence-corrected chi connectivity index (χ2v) is 8.81. The predicted octanol–water partition coefficient (Wildman–Crippen LogP) is 7.80. The van der Waals surface area contributed by atoms with E-state index in [1.54, 1.807) is 7.11 Å². The zero-order valence-corrected chi connectivity index (χ0v) is 19.7. The molecule has 0 heterocycles. The molecular formula is C29H22BrNO2. The van der Waals surface area contributed by atoms with Crippen LogP contribution in [0.3, 0.4) is 0 Å². The molecule has 162 valence electrons. The van der Waals surface area contributed by atoms with E-state index in [-0.39, 0.29) is 5.78 Å². The topological polar surface area (TPSA) is 38.3 Å². The molecule has 0 amide bonds. The van der Waals surface area contributed by atoms with Crippen molar-refractivity contribution in [3.05, 3.63) is 119 Å². The van der Waals surface area contributed by atoms with Crippen molar-refractivity contribution >= 4 is 48.9 Å². The molecule has 5 aromatic rings. The van der Waals surface area contributed by atoms with Gasteiger partial charge in [0.15, 0.2) is 5.78 Å². The van der Waals surface area contributed by atoms with Crippen LogP contribution in [0.15, 0.2) is 108 Å². The Morgan fingerprint density at radius 1 is 0.758 bits per heavy atom. The standard InChI is InChI=1S/C29H22BrNO2/c1-33-25-14-15-27(26(30)18-25)31-28(23-12-10-19-6-2-4-8-21(19)16-23)29(32)24-13-11-20-7-3-5-9-22(20)17-24/h2-18,28,31H,1H3/t28-/m1/s1. The molecule has 0 radical (unpaired) electrons. The van der Waals surface area contributed by atoms with Gasteiger partial charge in [0, 0.05) is 15.7 Å². The quantitative estimate of drug-likeness (QED) is 0.244. The molecule has 0 aliphatic heterocycles. The Labute approximate surface area is 201 Å². The first kappa shape index (κ1) is 21.2. The van der Waals surface area contributed by atoms with Gasteiger partial charge in [0.05, 0.1) is 7.11 Å². The molecule has 0 unspecified atom stereocenters. The van der Waals surface area contributed by atoms with Gasteiger partial charge in [-0.25, -0.2) is 0 Å². The van der Waals surface area contributed by atoms with E-state index < -0.39 is 6.04 Å². The summed E-state index contributed by atoms with van der Waals surface area (Å²) in [7, 11) is 1.63. The normalized spacial score (nSPS) is 11.9. The number of Topliss-reactive ketones (excluding diaryl/α,β-unsaturated/α-hetero) is 1. The van der Waals surface area contributed by atoms with E-state index in [9.17, 15) is 4.79 Å². The second kappa shape index (κ2) is 9.08. The lowest BCUT2D eigenvalue weighted by Gasteiger charge is -2.21. The fourth-order valence-electron chi connectivity index (χ4n) is 4.09. The number of ether oxygens (including phenoxy) is 1. The van der Waals surface area contributed by atoms with Crippen LogP contribution in [0.25, 0.3) is 21.5 Å². The molecule has 0 aromatic heterocycles. The van der Waals surface area contributed by atoms with Crippen molar-refractivity contribution in [3.63, 3.8) is 0 Å². The second-order valence-electron chi connectivity index (χ2n) is 7.96. The van der Waals surface area contributed by atoms with Crippen molar-refractivity contribution in [1.82, 2.24) is 0 Å². The molecule has 1 atom stereocenters. The van der Waals surface area contributed by atoms with Gasteiger partial charge in [0.1, 0.15) is 11.8 Å². The lowest BCUT2D eigenvalue weighted by atomic mass is 9.94. The van der Waals surface area contributed by atoms with E-state index in [0.29, 0.717) is 5.56 Å². The Balaban J connectivity index is 1.59. The van der Waals surface area contributed by atoms with E-state index in [1.807, 2.05) is 72.8 Å². The minimum Gasteiger partial charge on any atom is -0.497 e. The number of hydrogen-bond acceptors (Lipinski definition) is 3. The highest BCUT2D eigenvalue weighted by Crippen LogP contribution is 2.33. The molecule has 0 aliphatic rings. The van der Waals surface area contributed by atoms with Crippen LogP contribution >= 0.6 is 15.9 Å². The number of fused-ring (bicyclic) bond motifs is 2. The summed E-state index contributed by atoms with van der Waals surface area (Å²) in [6.45, 7) is 0. The summed E-state index contributed by atoms with van der Waals surface area (Å²) in [5, 5.41) is 7.88. The summed E-state index contributed by atoms with van der Waals surface area (Å²) in [6, 6.07) is 33.4. The van der Waals surface area contributed by atoms with Crippen molar-refractivity contribution in [2.75, 3.05) is 12.4 Å². The summed E-state index contributed by atoms with van der Waals surface area (Å²) in [5.41, 5.74) is 2.40. The number of carbonyl (C=O) groups is 1. The molecular weight excluding hydrogens is 474 g/mol. The Morgan fingerprint density at radius 2 is 1.39 bits per heavy atom. The van der Waals surface area contributed by atoms with Crippen molar-refractivity contribution in [2.24, 2.45) is 0 Å². The summed E-state index contributed by atoms with van der Waals surface area (Å²) >= 11 is 3.61. The van der Waals surface area contributed by atoms with Crippen LogP contribution in [-0.4, -0.2) is 12.9 Å². The van der Waals surface area contributed by atoms with Crippen molar-refractivity contribution in [3.8, 4) is 5.75 Å². The monoisotopic (exact) mass is 495 g/mol. The molecule has 33 heavy (non-hydrogen) atoms. The van der Waals surface area contributed by atoms with Gasteiger partial charge in [0.25, 0.3) is 0 Å². The number of rotatable bonds is 6. The molecule has 4 heteroatoms. The predicted molar refractivity (Wildman–Crippen MR) is 139 cm³/mol. The Kier molecular flexibility index (Phi) is 5.84. The Bertz CT molecular complexity index is 1480. The van der Waals surface area contributed by atoms with Gasteiger partial charge in [0.2, 0.25) is 0 Å². The fraction of sp³-hybridized carbons (Fsp3) is 0.0690. The maximum Gasteiger partial charge on any atom is 0.189 e. The smallest absolute Gasteiger partial charge is 0.189 e. The molecule has 0 bridgehead atoms. The molecule has 5 aromatic carbocycles. The van der Waals surface area contributed by atoms with Gasteiger partial charge < -0.3 is 10.1 Å². The number of ketones is 1. The van der Waals surface area contributed by atoms with Crippen LogP contribution in [0.1, 0.15) is 22.0 Å². The van der Waals surface area contributed by atoms with Crippen LogP contribution in [0, 0.1) is 0 Å². The zero-order chi connectivity index (χ0) is 22.8. The molecule has 0 aliphatic carbocycles. The van der Waals surface area contributed by atoms with E-state index in [4.69, 9.17) is 4.74 Å². The third-order valence-electron chi connectivity index (χ3n) is 5.88. The highest BCUT2D eigenvalue weighted by Gasteiger charge is 2.23. The molecule has 0 spiro atoms. The van der Waals surface area contributed by atoms with Crippen LogP contribution in [-0.2, 0) is 0 Å². The SMILES string of the molecule is COc1ccc(N[C@@H](C(=O)c2ccc3ccccc3c2)c2ccc3ccccc3c2)c(Br)c1. The average molecular weight is 496 g/mol. The fourth-order valence-corrected chi connectivity index (χ4v) is 4.56. The minimum atomic E-state index is -0.555. The minimum absolute atomic E-state index is 0.0127. The van der Waals surface area contributed by atoms with Crippen molar-refractivity contribution < 1.29 is 9.53 Å². The lowest BCUT2D eigenvalue weighted by Crippen LogP contribution is -2.21. The van der Waals surface area contributed by atoms with Gasteiger partial charge in [-0.2, -0.15) is 0 Å². The molecule has 1 N–H and O–H groups in total. The summed E-state index contributed by atoms with van der Waals surface area (Å²) in [6.07, 6.45) is 0. The highest BCUT2D eigenvalue weighted by molar-refractivity contribution is 9.10. The number of benzene rings is 5. The Morgan fingerprint density at radius 3 is 2.06 bits per heavy atom. The third kappa shape index (κ3) is 4.35. The third-order valence-corrected chi connectivity index (χ3v) is 6.54.